The molecule has 0 saturated heterocycles. The van der Waals surface area contributed by atoms with Crippen LogP contribution in [0.5, 0.6) is 0 Å². The summed E-state index contributed by atoms with van der Waals surface area (Å²) in [5, 5.41) is 14.3. The van der Waals surface area contributed by atoms with Crippen molar-refractivity contribution in [3.05, 3.63) is 43.8 Å². The van der Waals surface area contributed by atoms with Crippen molar-refractivity contribution in [2.45, 2.75) is 32.9 Å². The standard InChI is InChI=1S/C14H17NO2S2/c1-9-6-11(10(2)19-9)8-15-12(7-14(16)17)13-4-3-5-18-13/h3-6,12,15H,7-8H2,1-2H3,(H,16,17). The van der Waals surface area contributed by atoms with Crippen molar-refractivity contribution in [3.8, 4) is 0 Å². The molecule has 2 rings (SSSR count). The van der Waals surface area contributed by atoms with Crippen LogP contribution >= 0.6 is 22.7 Å². The van der Waals surface area contributed by atoms with E-state index in [1.807, 2.05) is 17.5 Å². The molecule has 0 fully saturated rings. The van der Waals surface area contributed by atoms with E-state index in [1.165, 1.54) is 15.3 Å². The van der Waals surface area contributed by atoms with Crippen molar-refractivity contribution in [2.24, 2.45) is 0 Å². The first-order valence-electron chi connectivity index (χ1n) is 6.10. The molecule has 0 aromatic carbocycles. The number of hydrogen-bond acceptors (Lipinski definition) is 4. The van der Waals surface area contributed by atoms with Gasteiger partial charge in [-0.05, 0) is 36.9 Å². The predicted octanol–water partition coefficient (Wildman–Crippen LogP) is 3.73. The molecule has 0 amide bonds. The van der Waals surface area contributed by atoms with E-state index in [1.54, 1.807) is 22.7 Å². The van der Waals surface area contributed by atoms with Crippen LogP contribution in [-0.4, -0.2) is 11.1 Å². The van der Waals surface area contributed by atoms with Crippen LogP contribution in [0.1, 0.15) is 32.7 Å². The van der Waals surface area contributed by atoms with Crippen LogP contribution in [0.3, 0.4) is 0 Å². The second kappa shape index (κ2) is 6.32. The van der Waals surface area contributed by atoms with E-state index in [2.05, 4.69) is 25.2 Å². The van der Waals surface area contributed by atoms with Gasteiger partial charge in [0.15, 0.2) is 0 Å². The van der Waals surface area contributed by atoms with Gasteiger partial charge in [-0.15, -0.1) is 22.7 Å². The average molecular weight is 295 g/mol. The minimum Gasteiger partial charge on any atom is -0.481 e. The molecule has 0 aliphatic heterocycles. The molecule has 0 aliphatic carbocycles. The molecule has 3 nitrogen and oxygen atoms in total. The lowest BCUT2D eigenvalue weighted by atomic mass is 10.1. The summed E-state index contributed by atoms with van der Waals surface area (Å²) in [6.45, 7) is 4.91. The molecular weight excluding hydrogens is 278 g/mol. The number of carbonyl (C=O) groups is 1. The van der Waals surface area contributed by atoms with E-state index >= 15 is 0 Å². The van der Waals surface area contributed by atoms with Crippen LogP contribution in [0.4, 0.5) is 0 Å². The Bertz CT molecular complexity index is 546. The highest BCUT2D eigenvalue weighted by atomic mass is 32.1. The summed E-state index contributed by atoms with van der Waals surface area (Å²) in [4.78, 5) is 14.6. The van der Waals surface area contributed by atoms with Gasteiger partial charge in [0, 0.05) is 21.2 Å². The van der Waals surface area contributed by atoms with Gasteiger partial charge in [0.1, 0.15) is 0 Å². The third kappa shape index (κ3) is 3.89. The van der Waals surface area contributed by atoms with E-state index in [9.17, 15) is 4.79 Å². The molecule has 2 aromatic heterocycles. The van der Waals surface area contributed by atoms with E-state index in [-0.39, 0.29) is 12.5 Å². The third-order valence-electron chi connectivity index (χ3n) is 2.95. The first-order chi connectivity index (χ1) is 9.06. The van der Waals surface area contributed by atoms with Crippen molar-refractivity contribution < 1.29 is 9.90 Å². The molecule has 19 heavy (non-hydrogen) atoms. The van der Waals surface area contributed by atoms with Gasteiger partial charge in [-0.2, -0.15) is 0 Å². The number of hydrogen-bond donors (Lipinski definition) is 2. The smallest absolute Gasteiger partial charge is 0.305 e. The number of aryl methyl sites for hydroxylation is 2. The first kappa shape index (κ1) is 14.2. The number of rotatable bonds is 6. The van der Waals surface area contributed by atoms with Crippen LogP contribution in [0.2, 0.25) is 0 Å². The van der Waals surface area contributed by atoms with Crippen molar-refractivity contribution in [1.82, 2.24) is 5.32 Å². The van der Waals surface area contributed by atoms with Gasteiger partial charge in [-0.25, -0.2) is 0 Å². The quantitative estimate of drug-likeness (QED) is 0.853. The predicted molar refractivity (Wildman–Crippen MR) is 79.9 cm³/mol. The largest absolute Gasteiger partial charge is 0.481 e. The van der Waals surface area contributed by atoms with Crippen LogP contribution in [0, 0.1) is 13.8 Å². The molecular formula is C14H17NO2S2. The van der Waals surface area contributed by atoms with Crippen molar-refractivity contribution >= 4 is 28.6 Å². The number of aliphatic carboxylic acids is 1. The lowest BCUT2D eigenvalue weighted by Crippen LogP contribution is -2.22. The van der Waals surface area contributed by atoms with E-state index in [0.29, 0.717) is 6.54 Å². The van der Waals surface area contributed by atoms with Crippen molar-refractivity contribution in [3.63, 3.8) is 0 Å². The minimum absolute atomic E-state index is 0.114. The zero-order valence-electron chi connectivity index (χ0n) is 11.0. The average Bonchev–Trinajstić information content (AvgIpc) is 2.94. The second-order valence-electron chi connectivity index (χ2n) is 4.49. The monoisotopic (exact) mass is 295 g/mol. The number of nitrogens with one attached hydrogen (secondary N) is 1. The van der Waals surface area contributed by atoms with E-state index in [4.69, 9.17) is 5.11 Å². The summed E-state index contributed by atoms with van der Waals surface area (Å²) in [7, 11) is 0. The lowest BCUT2D eigenvalue weighted by Gasteiger charge is -2.15. The zero-order chi connectivity index (χ0) is 13.8. The molecule has 0 bridgehead atoms. The summed E-state index contributed by atoms with van der Waals surface area (Å²) < 4.78 is 0. The SMILES string of the molecule is Cc1cc(CNC(CC(=O)O)c2cccs2)c(C)s1. The third-order valence-corrected chi connectivity index (χ3v) is 4.94. The van der Waals surface area contributed by atoms with Crippen LogP contribution in [0.15, 0.2) is 23.6 Å². The lowest BCUT2D eigenvalue weighted by molar-refractivity contribution is -0.137. The Morgan fingerprint density at radius 2 is 2.26 bits per heavy atom. The second-order valence-corrected chi connectivity index (χ2v) is 6.92. The summed E-state index contributed by atoms with van der Waals surface area (Å²) in [5.41, 5.74) is 1.26. The molecule has 0 aliphatic rings. The molecule has 1 atom stereocenters. The summed E-state index contributed by atoms with van der Waals surface area (Å²) in [6, 6.07) is 5.99. The fourth-order valence-corrected chi connectivity index (χ4v) is 3.78. The summed E-state index contributed by atoms with van der Waals surface area (Å²) in [6.07, 6.45) is 0.114. The fourth-order valence-electron chi connectivity index (χ4n) is 2.03. The molecule has 0 saturated carbocycles. The Morgan fingerprint density at radius 3 is 2.79 bits per heavy atom. The number of thiophene rings is 2. The number of carboxylic acid groups (broad SMARTS) is 1. The van der Waals surface area contributed by atoms with Gasteiger partial charge in [-0.3, -0.25) is 4.79 Å². The minimum atomic E-state index is -0.774. The van der Waals surface area contributed by atoms with E-state index < -0.39 is 5.97 Å². The molecule has 2 aromatic rings. The van der Waals surface area contributed by atoms with E-state index in [0.717, 1.165) is 4.88 Å². The highest BCUT2D eigenvalue weighted by molar-refractivity contribution is 7.12. The number of carboxylic acids is 1. The topological polar surface area (TPSA) is 49.3 Å². The summed E-state index contributed by atoms with van der Waals surface area (Å²) in [5.74, 6) is -0.774. The molecule has 0 radical (unpaired) electrons. The molecule has 1 unspecified atom stereocenters. The van der Waals surface area contributed by atoms with Gasteiger partial charge in [0.05, 0.1) is 12.5 Å². The van der Waals surface area contributed by atoms with Gasteiger partial charge >= 0.3 is 5.97 Å². The molecule has 2 N–H and O–H groups in total. The Labute approximate surface area is 120 Å². The maximum atomic E-state index is 11.0. The molecule has 5 heteroatoms. The molecule has 2 heterocycles. The highest BCUT2D eigenvalue weighted by Gasteiger charge is 2.16. The van der Waals surface area contributed by atoms with Crippen molar-refractivity contribution in [2.75, 3.05) is 0 Å². The maximum absolute atomic E-state index is 11.0. The summed E-state index contributed by atoms with van der Waals surface area (Å²) >= 11 is 3.37. The Morgan fingerprint density at radius 1 is 1.47 bits per heavy atom. The normalized spacial score (nSPS) is 12.5. The van der Waals surface area contributed by atoms with Crippen LogP contribution in [-0.2, 0) is 11.3 Å². The van der Waals surface area contributed by atoms with Crippen molar-refractivity contribution in [1.29, 1.82) is 0 Å². The van der Waals surface area contributed by atoms with Crippen LogP contribution in [0.25, 0.3) is 0 Å². The van der Waals surface area contributed by atoms with Gasteiger partial charge in [0.2, 0.25) is 0 Å². The van der Waals surface area contributed by atoms with Gasteiger partial charge in [-0.1, -0.05) is 6.07 Å². The molecule has 102 valence electrons. The first-order valence-corrected chi connectivity index (χ1v) is 7.80. The Balaban J connectivity index is 2.04. The van der Waals surface area contributed by atoms with Gasteiger partial charge in [0.25, 0.3) is 0 Å². The van der Waals surface area contributed by atoms with Crippen LogP contribution < -0.4 is 5.32 Å². The van der Waals surface area contributed by atoms with Gasteiger partial charge < -0.3 is 10.4 Å². The zero-order valence-corrected chi connectivity index (χ0v) is 12.6. The fraction of sp³-hybridized carbons (Fsp3) is 0.357. The maximum Gasteiger partial charge on any atom is 0.305 e. The molecule has 0 spiro atoms. The highest BCUT2D eigenvalue weighted by Crippen LogP contribution is 2.25. The Hall–Kier alpha value is -1.17. The Kier molecular flexibility index (Phi) is 4.74.